The quantitative estimate of drug-likeness (QED) is 0.145. The number of rotatable bonds is 7. The van der Waals surface area contributed by atoms with E-state index in [0.29, 0.717) is 0 Å². The van der Waals surface area contributed by atoms with Crippen LogP contribution in [0, 0.1) is 0 Å². The first-order valence-electron chi connectivity index (χ1n) is 22.5. The molecule has 3 aliphatic carbocycles. The molecule has 3 aliphatic rings. The van der Waals surface area contributed by atoms with Crippen molar-refractivity contribution in [1.29, 1.82) is 0 Å². The SMILES string of the molecule is CC1(C2=C(c3ccc(N(c4ccc(-c5ccccc5)cc4)c4cccc(-c5ccccc5)c4)cc3)C=CCC2)C2=C(C=CCC2)c2cc3c4ccccc4c4ccccc4c3cc21. The number of fused-ring (bicyclic) bond motifs is 8. The standard InChI is InChI=1S/C62H47N/c1-62(60-30-15-13-28-55(60)58-40-56-53-26-10-8-24-51(53)52-25-9-11-27-54(52)57(56)41-61(58)62)59-29-14-12-23-50(59)45-33-37-48(38-34-45)63(47-35-31-44(32-36-47)42-17-4-2-5-18-42)49-22-16-21-46(39-49)43-19-6-3-7-20-43/h2-13,16-28,31-41H,14-15,29-30H2,1H3. The van der Waals surface area contributed by atoms with Gasteiger partial charge in [-0.25, -0.2) is 0 Å². The molecule has 63 heavy (non-hydrogen) atoms. The van der Waals surface area contributed by atoms with Gasteiger partial charge >= 0.3 is 0 Å². The van der Waals surface area contributed by atoms with Gasteiger partial charge in [0.15, 0.2) is 0 Å². The van der Waals surface area contributed by atoms with E-state index in [1.807, 2.05) is 0 Å². The summed E-state index contributed by atoms with van der Waals surface area (Å²) < 4.78 is 0. The van der Waals surface area contributed by atoms with Crippen LogP contribution < -0.4 is 4.90 Å². The highest BCUT2D eigenvalue weighted by atomic mass is 15.1. The molecule has 300 valence electrons. The number of benzene rings is 9. The smallest absolute Gasteiger partial charge is 0.0467 e. The van der Waals surface area contributed by atoms with Crippen molar-refractivity contribution >= 4 is 60.5 Å². The lowest BCUT2D eigenvalue weighted by molar-refractivity contribution is 0.609. The maximum Gasteiger partial charge on any atom is 0.0467 e. The number of hydrogen-bond acceptors (Lipinski definition) is 1. The lowest BCUT2D eigenvalue weighted by Gasteiger charge is -2.37. The van der Waals surface area contributed by atoms with Gasteiger partial charge in [-0.3, -0.25) is 0 Å². The van der Waals surface area contributed by atoms with Crippen molar-refractivity contribution in [3.05, 3.63) is 246 Å². The molecule has 9 aromatic rings. The minimum atomic E-state index is -0.223. The lowest BCUT2D eigenvalue weighted by atomic mass is 9.66. The first kappa shape index (κ1) is 37.3. The summed E-state index contributed by atoms with van der Waals surface area (Å²) in [5.41, 5.74) is 18.0. The van der Waals surface area contributed by atoms with Crippen LogP contribution in [0.4, 0.5) is 17.1 Å². The predicted octanol–water partition coefficient (Wildman–Crippen LogP) is 17.1. The van der Waals surface area contributed by atoms with E-state index in [2.05, 4.69) is 230 Å². The topological polar surface area (TPSA) is 3.24 Å². The van der Waals surface area contributed by atoms with Gasteiger partial charge < -0.3 is 4.90 Å². The molecule has 1 atom stereocenters. The van der Waals surface area contributed by atoms with Crippen molar-refractivity contribution in [2.45, 2.75) is 38.0 Å². The maximum atomic E-state index is 2.59. The van der Waals surface area contributed by atoms with Crippen LogP contribution in [0.25, 0.3) is 65.7 Å². The van der Waals surface area contributed by atoms with Crippen LogP contribution in [-0.2, 0) is 5.41 Å². The Balaban J connectivity index is 0.998. The van der Waals surface area contributed by atoms with Crippen LogP contribution in [0.1, 0.15) is 49.3 Å². The zero-order chi connectivity index (χ0) is 41.9. The summed E-state index contributed by atoms with van der Waals surface area (Å²) in [6.45, 7) is 2.55. The van der Waals surface area contributed by atoms with Gasteiger partial charge in [-0.05, 0) is 175 Å². The van der Waals surface area contributed by atoms with E-state index >= 15 is 0 Å². The van der Waals surface area contributed by atoms with Gasteiger partial charge in [0.2, 0.25) is 0 Å². The third-order valence-corrected chi connectivity index (χ3v) is 14.1. The van der Waals surface area contributed by atoms with Crippen molar-refractivity contribution in [1.82, 2.24) is 0 Å². The van der Waals surface area contributed by atoms with E-state index in [1.54, 1.807) is 5.57 Å². The predicted molar refractivity (Wildman–Crippen MR) is 269 cm³/mol. The normalized spacial score (nSPS) is 16.8. The summed E-state index contributed by atoms with van der Waals surface area (Å²) in [6.07, 6.45) is 13.9. The summed E-state index contributed by atoms with van der Waals surface area (Å²) >= 11 is 0. The first-order valence-corrected chi connectivity index (χ1v) is 22.5. The molecule has 0 fully saturated rings. The molecule has 1 unspecified atom stereocenters. The minimum absolute atomic E-state index is 0.223. The Morgan fingerprint density at radius 3 is 1.43 bits per heavy atom. The maximum absolute atomic E-state index is 2.59. The van der Waals surface area contributed by atoms with E-state index in [4.69, 9.17) is 0 Å². The summed E-state index contributed by atoms with van der Waals surface area (Å²) in [4.78, 5) is 2.40. The Morgan fingerprint density at radius 2 is 0.825 bits per heavy atom. The van der Waals surface area contributed by atoms with Crippen LogP contribution in [-0.4, -0.2) is 0 Å². The molecule has 0 saturated heterocycles. The Labute approximate surface area is 370 Å². The highest BCUT2D eigenvalue weighted by molar-refractivity contribution is 6.26. The van der Waals surface area contributed by atoms with Gasteiger partial charge in [0.1, 0.15) is 0 Å². The second-order valence-corrected chi connectivity index (χ2v) is 17.5. The second-order valence-electron chi connectivity index (χ2n) is 17.5. The van der Waals surface area contributed by atoms with Gasteiger partial charge in [-0.2, -0.15) is 0 Å². The van der Waals surface area contributed by atoms with Crippen LogP contribution in [0.15, 0.2) is 230 Å². The molecule has 1 nitrogen and oxygen atoms in total. The fourth-order valence-corrected chi connectivity index (χ4v) is 11.1. The fourth-order valence-electron chi connectivity index (χ4n) is 11.1. The molecule has 0 radical (unpaired) electrons. The monoisotopic (exact) mass is 805 g/mol. The van der Waals surface area contributed by atoms with E-state index < -0.39 is 0 Å². The van der Waals surface area contributed by atoms with Crippen molar-refractivity contribution < 1.29 is 0 Å². The Morgan fingerprint density at radius 1 is 0.365 bits per heavy atom. The fraction of sp³-hybridized carbons (Fsp3) is 0.0968. The highest BCUT2D eigenvalue weighted by Gasteiger charge is 2.45. The van der Waals surface area contributed by atoms with Crippen molar-refractivity contribution in [2.75, 3.05) is 4.90 Å². The largest absolute Gasteiger partial charge is 0.310 e. The molecule has 9 aromatic carbocycles. The van der Waals surface area contributed by atoms with Crippen LogP contribution >= 0.6 is 0 Å². The van der Waals surface area contributed by atoms with Crippen LogP contribution in [0.3, 0.4) is 0 Å². The first-order chi connectivity index (χ1) is 31.1. The van der Waals surface area contributed by atoms with Gasteiger partial charge in [0.25, 0.3) is 0 Å². The molecule has 1 heteroatoms. The molecule has 12 rings (SSSR count). The van der Waals surface area contributed by atoms with E-state index in [9.17, 15) is 0 Å². The molecule has 0 bridgehead atoms. The lowest BCUT2D eigenvalue weighted by Crippen LogP contribution is -2.27. The average molecular weight is 806 g/mol. The average Bonchev–Trinajstić information content (AvgIpc) is 3.62. The Bertz CT molecular complexity index is 3360. The molecule has 0 heterocycles. The van der Waals surface area contributed by atoms with Gasteiger partial charge in [0.05, 0.1) is 0 Å². The minimum Gasteiger partial charge on any atom is -0.310 e. The molecular weight excluding hydrogens is 759 g/mol. The summed E-state index contributed by atoms with van der Waals surface area (Å²) in [6, 6.07) is 71.7. The van der Waals surface area contributed by atoms with Gasteiger partial charge in [0, 0.05) is 22.5 Å². The summed E-state index contributed by atoms with van der Waals surface area (Å²) in [7, 11) is 0. The molecule has 0 aliphatic heterocycles. The number of hydrogen-bond donors (Lipinski definition) is 0. The molecule has 0 N–H and O–H groups in total. The third kappa shape index (κ3) is 6.14. The molecular formula is C62H47N. The number of anilines is 3. The molecule has 0 saturated carbocycles. The van der Waals surface area contributed by atoms with Gasteiger partial charge in [-0.1, -0.05) is 170 Å². The van der Waals surface area contributed by atoms with Crippen LogP contribution in [0.2, 0.25) is 0 Å². The van der Waals surface area contributed by atoms with E-state index in [1.165, 1.54) is 88.0 Å². The summed E-state index contributed by atoms with van der Waals surface area (Å²) in [5, 5.41) is 8.01. The molecule has 0 amide bonds. The summed E-state index contributed by atoms with van der Waals surface area (Å²) in [5.74, 6) is 0. The number of nitrogens with zero attached hydrogens (tertiary/aromatic N) is 1. The third-order valence-electron chi connectivity index (χ3n) is 14.1. The Kier molecular flexibility index (Phi) is 8.97. The zero-order valence-electron chi connectivity index (χ0n) is 35.6. The zero-order valence-corrected chi connectivity index (χ0v) is 35.6. The van der Waals surface area contributed by atoms with Crippen molar-refractivity contribution in [3.63, 3.8) is 0 Å². The molecule has 0 aromatic heterocycles. The van der Waals surface area contributed by atoms with Gasteiger partial charge in [-0.15, -0.1) is 0 Å². The second kappa shape index (κ2) is 15.2. The number of allylic oxidation sites excluding steroid dienone is 8. The highest BCUT2D eigenvalue weighted by Crippen LogP contribution is 2.58. The molecule has 0 spiro atoms. The van der Waals surface area contributed by atoms with E-state index in [-0.39, 0.29) is 5.41 Å². The Hall–Kier alpha value is -7.48. The van der Waals surface area contributed by atoms with E-state index in [0.717, 1.165) is 42.7 Å². The van der Waals surface area contributed by atoms with Crippen LogP contribution in [0.5, 0.6) is 0 Å². The van der Waals surface area contributed by atoms with Crippen molar-refractivity contribution in [2.24, 2.45) is 0 Å². The van der Waals surface area contributed by atoms with Crippen molar-refractivity contribution in [3.8, 4) is 22.3 Å².